The molecule has 10 nitrogen and oxygen atoms in total. The number of nitrogens with two attached hydrogens (primary N) is 2. The minimum absolute atomic E-state index is 0.102. The average Bonchev–Trinajstić information content (AvgIpc) is 2.76. The highest BCUT2D eigenvalue weighted by Gasteiger charge is 2.28. The summed E-state index contributed by atoms with van der Waals surface area (Å²) < 4.78 is 0. The van der Waals surface area contributed by atoms with Gasteiger partial charge in [-0.15, -0.1) is 0 Å². The molecule has 0 fully saturated rings. The number of benzene rings is 1. The van der Waals surface area contributed by atoms with Crippen LogP contribution in [0.5, 0.6) is 0 Å². The molecule has 3 unspecified atom stereocenters. The number of hydrogen-bond acceptors (Lipinski definition) is 7. The van der Waals surface area contributed by atoms with Crippen molar-refractivity contribution in [1.82, 2.24) is 16.0 Å². The fourth-order valence-electron chi connectivity index (χ4n) is 2.74. The van der Waals surface area contributed by atoms with E-state index in [1.165, 1.54) is 0 Å². The summed E-state index contributed by atoms with van der Waals surface area (Å²) in [4.78, 5) is 48.4. The molecule has 0 aliphatic heterocycles. The van der Waals surface area contributed by atoms with Gasteiger partial charge in [0.15, 0.2) is 0 Å². The van der Waals surface area contributed by atoms with Crippen LogP contribution in [-0.2, 0) is 25.6 Å². The summed E-state index contributed by atoms with van der Waals surface area (Å²) in [6.45, 7) is -0.144. The van der Waals surface area contributed by atoms with Crippen molar-refractivity contribution in [1.29, 1.82) is 0 Å². The van der Waals surface area contributed by atoms with Crippen LogP contribution in [0.15, 0.2) is 30.3 Å². The molecule has 3 amide bonds. The quantitative estimate of drug-likeness (QED) is 0.136. The van der Waals surface area contributed by atoms with Crippen molar-refractivity contribution >= 4 is 36.3 Å². The molecule has 1 rings (SSSR count). The molecule has 0 radical (unpaired) electrons. The van der Waals surface area contributed by atoms with Crippen LogP contribution in [0.4, 0.5) is 0 Å². The van der Waals surface area contributed by atoms with Crippen molar-refractivity contribution in [2.45, 2.75) is 43.8 Å². The van der Waals surface area contributed by atoms with E-state index in [2.05, 4.69) is 28.6 Å². The maximum absolute atomic E-state index is 13.0. The summed E-state index contributed by atoms with van der Waals surface area (Å²) in [5.41, 5.74) is 12.0. The second-order valence-electron chi connectivity index (χ2n) is 7.00. The monoisotopic (exact) mass is 453 g/mol. The highest BCUT2D eigenvalue weighted by Crippen LogP contribution is 2.07. The Morgan fingerprint density at radius 1 is 0.968 bits per heavy atom. The number of nitrogens with one attached hydrogen (secondary N) is 3. The van der Waals surface area contributed by atoms with E-state index in [4.69, 9.17) is 16.6 Å². The topological polar surface area (TPSA) is 177 Å². The molecule has 1 aromatic rings. The van der Waals surface area contributed by atoms with E-state index < -0.39 is 48.4 Å². The number of unbranched alkanes of at least 4 members (excludes halogenated alkanes) is 1. The lowest BCUT2D eigenvalue weighted by Gasteiger charge is -2.24. The molecule has 0 saturated carbocycles. The molecule has 0 saturated heterocycles. The Kier molecular flexibility index (Phi) is 12.3. The number of thiol groups is 1. The molecule has 0 bridgehead atoms. The summed E-state index contributed by atoms with van der Waals surface area (Å²) in [7, 11) is 0. The van der Waals surface area contributed by atoms with E-state index in [1.807, 2.05) is 18.2 Å². The van der Waals surface area contributed by atoms with Crippen molar-refractivity contribution in [3.8, 4) is 0 Å². The SMILES string of the molecule is NCCCCC(NC(=O)C(Cc1ccccc1)NC(=O)C(N)CS)C(=O)NCC(=O)O. The molecule has 0 aliphatic rings. The molecule has 11 heteroatoms. The smallest absolute Gasteiger partial charge is 0.322 e. The number of carboxylic acid groups (broad SMARTS) is 1. The normalized spacial score (nSPS) is 13.5. The number of carbonyl (C=O) groups excluding carboxylic acids is 3. The Morgan fingerprint density at radius 2 is 1.61 bits per heavy atom. The third kappa shape index (κ3) is 10.3. The molecule has 0 spiro atoms. The fourth-order valence-corrected chi connectivity index (χ4v) is 2.91. The van der Waals surface area contributed by atoms with E-state index in [9.17, 15) is 19.2 Å². The molecule has 8 N–H and O–H groups in total. The second kappa shape index (κ2) is 14.4. The summed E-state index contributed by atoms with van der Waals surface area (Å²) in [6.07, 6.45) is 1.66. The number of carboxylic acids is 1. The van der Waals surface area contributed by atoms with Crippen LogP contribution >= 0.6 is 12.6 Å². The number of amides is 3. The zero-order chi connectivity index (χ0) is 23.2. The maximum atomic E-state index is 13.0. The Bertz CT molecular complexity index is 734. The summed E-state index contributed by atoms with van der Waals surface area (Å²) in [5, 5.41) is 16.3. The second-order valence-corrected chi connectivity index (χ2v) is 7.36. The highest BCUT2D eigenvalue weighted by molar-refractivity contribution is 7.80. The van der Waals surface area contributed by atoms with Gasteiger partial charge in [0.2, 0.25) is 17.7 Å². The number of rotatable bonds is 14. The number of carbonyl (C=O) groups is 4. The Hall–Kier alpha value is -2.63. The summed E-state index contributed by atoms with van der Waals surface area (Å²) in [5.74, 6) is -2.84. The van der Waals surface area contributed by atoms with Crippen molar-refractivity contribution in [2.75, 3.05) is 18.8 Å². The first kappa shape index (κ1) is 26.4. The highest BCUT2D eigenvalue weighted by atomic mass is 32.1. The minimum atomic E-state index is -1.20. The van der Waals surface area contributed by atoms with E-state index in [0.29, 0.717) is 19.4 Å². The standard InChI is InChI=1S/C20H31N5O5S/c21-9-5-4-8-15(19(29)23-11-17(26)27)24-20(30)16(25-18(28)14(22)12-31)10-13-6-2-1-3-7-13/h1-3,6-7,14-16,31H,4-5,8-12,21-22H2,(H,23,29)(H,24,30)(H,25,28)(H,26,27). The first-order valence-corrected chi connectivity index (χ1v) is 10.6. The molecule has 0 aliphatic carbocycles. The van der Waals surface area contributed by atoms with Gasteiger partial charge in [-0.1, -0.05) is 30.3 Å². The van der Waals surface area contributed by atoms with Gasteiger partial charge in [0.1, 0.15) is 18.6 Å². The molecule has 0 aromatic heterocycles. The van der Waals surface area contributed by atoms with Gasteiger partial charge < -0.3 is 32.5 Å². The van der Waals surface area contributed by atoms with E-state index in [-0.39, 0.29) is 18.6 Å². The van der Waals surface area contributed by atoms with Crippen LogP contribution in [0.25, 0.3) is 0 Å². The van der Waals surface area contributed by atoms with Crippen LogP contribution < -0.4 is 27.4 Å². The van der Waals surface area contributed by atoms with Gasteiger partial charge in [0.05, 0.1) is 6.04 Å². The summed E-state index contributed by atoms with van der Waals surface area (Å²) in [6, 6.07) is 6.22. The molecular weight excluding hydrogens is 422 g/mol. The van der Waals surface area contributed by atoms with Crippen LogP contribution in [0, 0.1) is 0 Å². The third-order valence-electron chi connectivity index (χ3n) is 4.44. The number of hydrogen-bond donors (Lipinski definition) is 7. The Morgan fingerprint density at radius 3 is 2.19 bits per heavy atom. The van der Waals surface area contributed by atoms with Gasteiger partial charge in [-0.3, -0.25) is 19.2 Å². The van der Waals surface area contributed by atoms with Gasteiger partial charge in [0, 0.05) is 12.2 Å². The minimum Gasteiger partial charge on any atom is -0.480 e. The van der Waals surface area contributed by atoms with Crippen LogP contribution in [0.1, 0.15) is 24.8 Å². The Labute approximate surface area is 186 Å². The predicted molar refractivity (Wildman–Crippen MR) is 119 cm³/mol. The van der Waals surface area contributed by atoms with Crippen molar-refractivity contribution < 1.29 is 24.3 Å². The summed E-state index contributed by atoms with van der Waals surface area (Å²) >= 11 is 4.00. The van der Waals surface area contributed by atoms with E-state index in [0.717, 1.165) is 5.56 Å². The third-order valence-corrected chi connectivity index (χ3v) is 4.84. The van der Waals surface area contributed by atoms with Gasteiger partial charge in [-0.25, -0.2) is 0 Å². The lowest BCUT2D eigenvalue weighted by atomic mass is 10.0. The zero-order valence-electron chi connectivity index (χ0n) is 17.3. The van der Waals surface area contributed by atoms with Crippen LogP contribution in [-0.4, -0.2) is 65.8 Å². The Balaban J connectivity index is 2.95. The van der Waals surface area contributed by atoms with Gasteiger partial charge in [-0.05, 0) is 31.4 Å². The van der Waals surface area contributed by atoms with Crippen molar-refractivity contribution in [3.05, 3.63) is 35.9 Å². The molecule has 3 atom stereocenters. The molecular formula is C20H31N5O5S. The van der Waals surface area contributed by atoms with Gasteiger partial charge >= 0.3 is 5.97 Å². The van der Waals surface area contributed by atoms with E-state index >= 15 is 0 Å². The predicted octanol–water partition coefficient (Wildman–Crippen LogP) is -1.21. The molecule has 172 valence electrons. The molecule has 31 heavy (non-hydrogen) atoms. The van der Waals surface area contributed by atoms with E-state index in [1.54, 1.807) is 12.1 Å². The van der Waals surface area contributed by atoms with Gasteiger partial charge in [0.25, 0.3) is 0 Å². The van der Waals surface area contributed by atoms with Crippen molar-refractivity contribution in [3.63, 3.8) is 0 Å². The first-order chi connectivity index (χ1) is 14.8. The van der Waals surface area contributed by atoms with Gasteiger partial charge in [-0.2, -0.15) is 12.6 Å². The lowest BCUT2D eigenvalue weighted by Crippen LogP contribution is -2.56. The fraction of sp³-hybridized carbons (Fsp3) is 0.500. The molecule has 1 aromatic carbocycles. The lowest BCUT2D eigenvalue weighted by molar-refractivity contribution is -0.138. The first-order valence-electron chi connectivity index (χ1n) is 9.99. The van der Waals surface area contributed by atoms with Crippen LogP contribution in [0.2, 0.25) is 0 Å². The average molecular weight is 454 g/mol. The maximum Gasteiger partial charge on any atom is 0.322 e. The zero-order valence-corrected chi connectivity index (χ0v) is 18.1. The molecule has 0 heterocycles. The van der Waals surface area contributed by atoms with Crippen LogP contribution in [0.3, 0.4) is 0 Å². The number of aliphatic carboxylic acids is 1. The largest absolute Gasteiger partial charge is 0.480 e. The van der Waals surface area contributed by atoms with Crippen molar-refractivity contribution in [2.24, 2.45) is 11.5 Å².